The number of nitrogens with one attached hydrogen (secondary N) is 1. The molecular weight excluding hydrogens is 332 g/mol. The van der Waals surface area contributed by atoms with Gasteiger partial charge in [-0.15, -0.1) is 0 Å². The number of carbonyl (C=O) groups is 1. The molecule has 1 aromatic rings. The quantitative estimate of drug-likeness (QED) is 0.498. The zero-order valence-corrected chi connectivity index (χ0v) is 13.2. The van der Waals surface area contributed by atoms with Crippen molar-refractivity contribution in [2.45, 2.75) is 24.8 Å². The molecule has 0 aliphatic rings. The molecule has 1 aromatic carbocycles. The van der Waals surface area contributed by atoms with Gasteiger partial charge in [0.05, 0.1) is 5.75 Å². The Morgan fingerprint density at radius 2 is 1.86 bits per heavy atom. The molecule has 10 heteroatoms. The van der Waals surface area contributed by atoms with Gasteiger partial charge < -0.3 is 15.4 Å². The summed E-state index contributed by atoms with van der Waals surface area (Å²) >= 11 is -2.17. The van der Waals surface area contributed by atoms with E-state index in [0.717, 1.165) is 0 Å². The van der Waals surface area contributed by atoms with Crippen LogP contribution >= 0.6 is 0 Å². The van der Waals surface area contributed by atoms with Crippen molar-refractivity contribution in [1.82, 2.24) is 4.72 Å². The molecule has 0 saturated heterocycles. The van der Waals surface area contributed by atoms with Gasteiger partial charge in [-0.25, -0.2) is 13.1 Å². The zero-order valence-electron chi connectivity index (χ0n) is 11.6. The topological polar surface area (TPSA) is 150 Å². The van der Waals surface area contributed by atoms with Gasteiger partial charge in [-0.3, -0.25) is 9.00 Å². The Kier molecular flexibility index (Phi) is 7.10. The third-order valence-electron chi connectivity index (χ3n) is 2.82. The van der Waals surface area contributed by atoms with Crippen LogP contribution in [-0.2, 0) is 38.2 Å². The van der Waals surface area contributed by atoms with Gasteiger partial charge in [0, 0.05) is 12.3 Å². The second-order valence-electron chi connectivity index (χ2n) is 4.64. The highest BCUT2D eigenvalue weighted by Gasteiger charge is 2.17. The Balaban J connectivity index is 2.50. The van der Waals surface area contributed by atoms with Gasteiger partial charge in [0.1, 0.15) is 6.04 Å². The molecule has 0 aliphatic carbocycles. The van der Waals surface area contributed by atoms with Crippen LogP contribution in [0.2, 0.25) is 0 Å². The number of rotatable bonds is 9. The molecule has 2 atom stereocenters. The van der Waals surface area contributed by atoms with E-state index in [0.29, 0.717) is 11.1 Å². The number of benzene rings is 1. The van der Waals surface area contributed by atoms with E-state index in [-0.39, 0.29) is 24.5 Å². The molecule has 124 valence electrons. The number of carboxylic acids is 1. The molecule has 0 heterocycles. The van der Waals surface area contributed by atoms with Crippen LogP contribution in [0.4, 0.5) is 0 Å². The van der Waals surface area contributed by atoms with Gasteiger partial charge in [0.25, 0.3) is 0 Å². The van der Waals surface area contributed by atoms with Crippen LogP contribution in [0.15, 0.2) is 24.3 Å². The van der Waals surface area contributed by atoms with Crippen LogP contribution in [0.3, 0.4) is 0 Å². The van der Waals surface area contributed by atoms with E-state index in [1.807, 2.05) is 0 Å². The lowest BCUT2D eigenvalue weighted by Crippen LogP contribution is -2.35. The van der Waals surface area contributed by atoms with E-state index in [9.17, 15) is 22.0 Å². The molecule has 0 aromatic heterocycles. The van der Waals surface area contributed by atoms with E-state index in [1.165, 1.54) is 0 Å². The first-order valence-corrected chi connectivity index (χ1v) is 9.18. The first-order valence-electron chi connectivity index (χ1n) is 6.29. The van der Waals surface area contributed by atoms with Crippen LogP contribution in [0.25, 0.3) is 0 Å². The zero-order chi connectivity index (χ0) is 16.8. The molecule has 0 spiro atoms. The summed E-state index contributed by atoms with van der Waals surface area (Å²) in [6, 6.07) is 5.21. The summed E-state index contributed by atoms with van der Waals surface area (Å²) in [7, 11) is -3.63. The van der Waals surface area contributed by atoms with E-state index in [4.69, 9.17) is 10.8 Å². The van der Waals surface area contributed by atoms with Crippen molar-refractivity contribution in [3.05, 3.63) is 35.4 Å². The predicted octanol–water partition coefficient (Wildman–Crippen LogP) is -0.713. The van der Waals surface area contributed by atoms with Gasteiger partial charge in [0.2, 0.25) is 10.0 Å². The highest BCUT2D eigenvalue weighted by Crippen LogP contribution is 2.07. The Labute approximate surface area is 131 Å². The standard InChI is InChI=1S/C12H18N2O6S2/c13-11(12(15)16)5-6-22(19,20)14-7-9-1-3-10(4-2-9)8-21(17)18/h1-4,11,14H,5-8,13H2,(H,15,16)(H,17,18)/p-1/t11-/m0/s1. The highest BCUT2D eigenvalue weighted by molar-refractivity contribution is 7.89. The Bertz CT molecular complexity index is 630. The Morgan fingerprint density at radius 1 is 1.32 bits per heavy atom. The largest absolute Gasteiger partial charge is 0.772 e. The number of carboxylic acid groups (broad SMARTS) is 1. The molecule has 0 bridgehead atoms. The summed E-state index contributed by atoms with van der Waals surface area (Å²) < 4.78 is 46.8. The molecule has 0 radical (unpaired) electrons. The molecule has 0 fully saturated rings. The molecule has 0 aliphatic heterocycles. The fourth-order valence-corrected chi connectivity index (χ4v) is 3.12. The van der Waals surface area contributed by atoms with E-state index < -0.39 is 33.1 Å². The first kappa shape index (κ1) is 18.7. The summed E-state index contributed by atoms with van der Waals surface area (Å²) in [6.07, 6.45) is -0.182. The monoisotopic (exact) mass is 349 g/mol. The maximum Gasteiger partial charge on any atom is 0.320 e. The SMILES string of the molecule is N[C@@H](CCS(=O)(=O)NCc1ccc(CS(=O)[O-])cc1)C(=O)O. The average molecular weight is 349 g/mol. The Hall–Kier alpha value is -1.33. The van der Waals surface area contributed by atoms with Crippen LogP contribution in [0.1, 0.15) is 17.5 Å². The third-order valence-corrected chi connectivity index (χ3v) is 4.74. The lowest BCUT2D eigenvalue weighted by molar-refractivity contribution is -0.138. The molecular formula is C12H17N2O6S2-. The van der Waals surface area contributed by atoms with Gasteiger partial charge in [-0.2, -0.15) is 0 Å². The van der Waals surface area contributed by atoms with Gasteiger partial charge in [-0.1, -0.05) is 35.3 Å². The predicted molar refractivity (Wildman–Crippen MR) is 79.9 cm³/mol. The van der Waals surface area contributed by atoms with Crippen molar-refractivity contribution in [2.24, 2.45) is 5.73 Å². The van der Waals surface area contributed by atoms with Crippen LogP contribution in [0, 0.1) is 0 Å². The van der Waals surface area contributed by atoms with E-state index >= 15 is 0 Å². The Morgan fingerprint density at radius 3 is 2.36 bits per heavy atom. The van der Waals surface area contributed by atoms with Gasteiger partial charge in [-0.05, 0) is 17.5 Å². The van der Waals surface area contributed by atoms with E-state index in [2.05, 4.69) is 4.72 Å². The molecule has 0 saturated carbocycles. The average Bonchev–Trinajstić information content (AvgIpc) is 2.43. The van der Waals surface area contributed by atoms with Crippen molar-refractivity contribution in [3.63, 3.8) is 0 Å². The lowest BCUT2D eigenvalue weighted by atomic mass is 10.1. The molecule has 1 unspecified atom stereocenters. The number of hydrogen-bond donors (Lipinski definition) is 3. The summed E-state index contributed by atoms with van der Waals surface area (Å²) in [5.41, 5.74) is 6.51. The van der Waals surface area contributed by atoms with Crippen molar-refractivity contribution in [3.8, 4) is 0 Å². The summed E-state index contributed by atoms with van der Waals surface area (Å²) in [4.78, 5) is 10.5. The molecule has 4 N–H and O–H groups in total. The second-order valence-corrected chi connectivity index (χ2v) is 7.46. The summed E-state index contributed by atoms with van der Waals surface area (Å²) in [5.74, 6) is -1.73. The molecule has 22 heavy (non-hydrogen) atoms. The van der Waals surface area contributed by atoms with Crippen molar-refractivity contribution >= 4 is 27.1 Å². The van der Waals surface area contributed by atoms with Crippen LogP contribution in [-0.4, -0.2) is 40.0 Å². The molecule has 8 nitrogen and oxygen atoms in total. The molecule has 1 rings (SSSR count). The van der Waals surface area contributed by atoms with Gasteiger partial charge in [0.15, 0.2) is 0 Å². The fourth-order valence-electron chi connectivity index (χ4n) is 1.56. The van der Waals surface area contributed by atoms with Crippen LogP contribution in [0.5, 0.6) is 0 Å². The number of aliphatic carboxylic acids is 1. The number of nitrogens with two attached hydrogens (primary N) is 1. The minimum Gasteiger partial charge on any atom is -0.772 e. The number of sulfonamides is 1. The van der Waals surface area contributed by atoms with E-state index in [1.54, 1.807) is 24.3 Å². The minimum absolute atomic E-state index is 0.0331. The van der Waals surface area contributed by atoms with Gasteiger partial charge >= 0.3 is 5.97 Å². The summed E-state index contributed by atoms with van der Waals surface area (Å²) in [5, 5.41) is 8.59. The molecule has 0 amide bonds. The fraction of sp³-hybridized carbons (Fsp3) is 0.417. The minimum atomic E-state index is -3.63. The first-order chi connectivity index (χ1) is 10.2. The maximum atomic E-state index is 11.7. The smallest absolute Gasteiger partial charge is 0.320 e. The van der Waals surface area contributed by atoms with Crippen LogP contribution < -0.4 is 10.5 Å². The second kappa shape index (κ2) is 8.34. The van der Waals surface area contributed by atoms with Crippen molar-refractivity contribution in [2.75, 3.05) is 5.75 Å². The lowest BCUT2D eigenvalue weighted by Gasteiger charge is -2.10. The number of hydrogen-bond acceptors (Lipinski definition) is 6. The highest BCUT2D eigenvalue weighted by atomic mass is 32.2. The maximum absolute atomic E-state index is 11.7. The van der Waals surface area contributed by atoms with Crippen molar-refractivity contribution in [1.29, 1.82) is 0 Å². The normalized spacial score (nSPS) is 14.5. The van der Waals surface area contributed by atoms with Crippen molar-refractivity contribution < 1.29 is 27.1 Å². The summed E-state index contributed by atoms with van der Waals surface area (Å²) in [6.45, 7) is 0.0331. The third kappa shape index (κ3) is 7.09.